The second-order valence-corrected chi connectivity index (χ2v) is 6.40. The Morgan fingerprint density at radius 2 is 2.12 bits per heavy atom. The molecule has 1 aromatic rings. The first-order valence-electron chi connectivity index (χ1n) is 8.55. The van der Waals surface area contributed by atoms with Crippen LogP contribution < -0.4 is 10.5 Å². The number of hydrogen-bond donors (Lipinski definition) is 1. The predicted molar refractivity (Wildman–Crippen MR) is 99.9 cm³/mol. The van der Waals surface area contributed by atoms with Crippen molar-refractivity contribution in [1.82, 2.24) is 0 Å². The highest BCUT2D eigenvalue weighted by atomic mass is 16.5. The van der Waals surface area contributed by atoms with E-state index in [9.17, 15) is 10.1 Å². The van der Waals surface area contributed by atoms with E-state index in [1.807, 2.05) is 32.0 Å². The van der Waals surface area contributed by atoms with Gasteiger partial charge in [-0.25, -0.2) is 0 Å². The van der Waals surface area contributed by atoms with Crippen molar-refractivity contribution in [2.45, 2.75) is 46.5 Å². The molecule has 2 rings (SSSR count). The summed E-state index contributed by atoms with van der Waals surface area (Å²) < 4.78 is 11.1. The minimum Gasteiger partial charge on any atom is -0.462 e. The fourth-order valence-electron chi connectivity index (χ4n) is 3.09. The van der Waals surface area contributed by atoms with Crippen LogP contribution in [0.4, 0.5) is 0 Å². The molecule has 0 fully saturated rings. The van der Waals surface area contributed by atoms with Gasteiger partial charge in [0.2, 0.25) is 5.88 Å². The van der Waals surface area contributed by atoms with Crippen molar-refractivity contribution < 1.29 is 14.3 Å². The quantitative estimate of drug-likeness (QED) is 0.769. The molecule has 1 aliphatic rings. The third-order valence-corrected chi connectivity index (χ3v) is 4.20. The van der Waals surface area contributed by atoms with Gasteiger partial charge in [0, 0.05) is 12.0 Å². The number of nitrogens with zero attached hydrogens (tertiary/aromatic N) is 1. The molecule has 0 radical (unpaired) electrons. The number of aryl methyl sites for hydroxylation is 1. The van der Waals surface area contributed by atoms with Crippen molar-refractivity contribution in [3.05, 3.63) is 64.5 Å². The minimum absolute atomic E-state index is 0.0323. The van der Waals surface area contributed by atoms with E-state index in [-0.39, 0.29) is 17.2 Å². The summed E-state index contributed by atoms with van der Waals surface area (Å²) in [6.07, 6.45) is 1.11. The molecule has 2 N–H and O–H groups in total. The molecule has 0 saturated carbocycles. The van der Waals surface area contributed by atoms with E-state index in [1.165, 1.54) is 0 Å². The van der Waals surface area contributed by atoms with Gasteiger partial charge in [-0.3, -0.25) is 4.79 Å². The second-order valence-electron chi connectivity index (χ2n) is 6.40. The highest BCUT2D eigenvalue weighted by molar-refractivity contribution is 5.98. The summed E-state index contributed by atoms with van der Waals surface area (Å²) >= 11 is 0. The SMILES string of the molecule is C=C(C)Oc1ccc(C2C(C#N)=C(N)OC(C)=C2C(=O)CCC)cc1C. The van der Waals surface area contributed by atoms with Crippen molar-refractivity contribution in [3.8, 4) is 11.8 Å². The summed E-state index contributed by atoms with van der Waals surface area (Å²) in [4.78, 5) is 12.7. The van der Waals surface area contributed by atoms with Crippen LogP contribution in [0.25, 0.3) is 0 Å². The zero-order chi connectivity index (χ0) is 19.4. The van der Waals surface area contributed by atoms with Crippen LogP contribution >= 0.6 is 0 Å². The maximum Gasteiger partial charge on any atom is 0.205 e. The number of nitrogens with two attached hydrogens (primary N) is 1. The van der Waals surface area contributed by atoms with E-state index < -0.39 is 5.92 Å². The summed E-state index contributed by atoms with van der Waals surface area (Å²) in [5.41, 5.74) is 8.36. The number of allylic oxidation sites excluding steroid dienone is 4. The van der Waals surface area contributed by atoms with E-state index in [2.05, 4.69) is 12.6 Å². The van der Waals surface area contributed by atoms with Gasteiger partial charge in [0.05, 0.1) is 11.7 Å². The summed E-state index contributed by atoms with van der Waals surface area (Å²) in [5, 5.41) is 9.61. The minimum atomic E-state index is -0.537. The van der Waals surface area contributed by atoms with Gasteiger partial charge in [-0.05, 0) is 44.4 Å². The fourth-order valence-corrected chi connectivity index (χ4v) is 3.09. The Bertz CT molecular complexity index is 856. The van der Waals surface area contributed by atoms with Gasteiger partial charge < -0.3 is 15.2 Å². The third kappa shape index (κ3) is 3.80. The zero-order valence-corrected chi connectivity index (χ0v) is 15.7. The molecule has 0 bridgehead atoms. The number of hydrogen-bond acceptors (Lipinski definition) is 5. The van der Waals surface area contributed by atoms with Crippen molar-refractivity contribution in [2.75, 3.05) is 0 Å². The molecule has 1 heterocycles. The van der Waals surface area contributed by atoms with Gasteiger partial charge in [-0.2, -0.15) is 5.26 Å². The molecule has 0 aliphatic carbocycles. The Kier molecular flexibility index (Phi) is 5.89. The van der Waals surface area contributed by atoms with E-state index in [0.717, 1.165) is 11.1 Å². The topological polar surface area (TPSA) is 85.3 Å². The van der Waals surface area contributed by atoms with Crippen molar-refractivity contribution in [2.24, 2.45) is 5.73 Å². The lowest BCUT2D eigenvalue weighted by Crippen LogP contribution is -2.24. The maximum absolute atomic E-state index is 12.7. The largest absolute Gasteiger partial charge is 0.462 e. The molecule has 0 saturated heterocycles. The summed E-state index contributed by atoms with van der Waals surface area (Å²) in [7, 11) is 0. The smallest absolute Gasteiger partial charge is 0.205 e. The number of benzene rings is 1. The van der Waals surface area contributed by atoms with Gasteiger partial charge >= 0.3 is 0 Å². The van der Waals surface area contributed by atoms with Crippen LogP contribution in [0.15, 0.2) is 53.3 Å². The van der Waals surface area contributed by atoms with Crippen LogP contribution in [-0.4, -0.2) is 5.78 Å². The number of carbonyl (C=O) groups excluding carboxylic acids is 1. The number of ketones is 1. The van der Waals surface area contributed by atoms with Gasteiger partial charge in [0.15, 0.2) is 5.78 Å². The monoisotopic (exact) mass is 352 g/mol. The lowest BCUT2D eigenvalue weighted by Gasteiger charge is -2.27. The van der Waals surface area contributed by atoms with Gasteiger partial charge in [0.25, 0.3) is 0 Å². The van der Waals surface area contributed by atoms with Crippen LogP contribution in [0.2, 0.25) is 0 Å². The molecule has 0 aromatic heterocycles. The molecule has 136 valence electrons. The highest BCUT2D eigenvalue weighted by Crippen LogP contribution is 2.41. The molecule has 26 heavy (non-hydrogen) atoms. The average Bonchev–Trinajstić information content (AvgIpc) is 2.55. The predicted octanol–water partition coefficient (Wildman–Crippen LogP) is 4.36. The Hall–Kier alpha value is -3.00. The first kappa shape index (κ1) is 19.3. The molecular weight excluding hydrogens is 328 g/mol. The lowest BCUT2D eigenvalue weighted by atomic mass is 9.80. The van der Waals surface area contributed by atoms with Crippen LogP contribution in [0.1, 0.15) is 50.7 Å². The van der Waals surface area contributed by atoms with E-state index in [4.69, 9.17) is 15.2 Å². The van der Waals surface area contributed by atoms with E-state index in [0.29, 0.717) is 35.7 Å². The van der Waals surface area contributed by atoms with Crippen LogP contribution in [0, 0.1) is 18.3 Å². The summed E-state index contributed by atoms with van der Waals surface area (Å²) in [6.45, 7) is 11.1. The summed E-state index contributed by atoms with van der Waals surface area (Å²) in [6, 6.07) is 7.68. The Balaban J connectivity index is 2.58. The Labute approximate surface area is 154 Å². The van der Waals surface area contributed by atoms with Crippen molar-refractivity contribution >= 4 is 5.78 Å². The molecule has 1 aliphatic heterocycles. The highest BCUT2D eigenvalue weighted by Gasteiger charge is 2.34. The fraction of sp³-hybridized carbons (Fsp3) is 0.333. The Morgan fingerprint density at radius 1 is 1.42 bits per heavy atom. The van der Waals surface area contributed by atoms with Crippen molar-refractivity contribution in [1.29, 1.82) is 5.26 Å². The zero-order valence-electron chi connectivity index (χ0n) is 15.7. The standard InChI is InChI=1S/C21H24N2O3/c1-6-7-17(24)19-14(5)26-21(23)16(11-22)20(19)15-8-9-18(13(4)10-15)25-12(2)3/h8-10,20H,2,6-7,23H2,1,3-5H3. The van der Waals surface area contributed by atoms with Gasteiger partial charge in [-0.1, -0.05) is 25.6 Å². The molecule has 5 nitrogen and oxygen atoms in total. The number of nitriles is 1. The molecule has 1 aromatic carbocycles. The Morgan fingerprint density at radius 3 is 2.65 bits per heavy atom. The first-order chi connectivity index (χ1) is 12.3. The molecular formula is C21H24N2O3. The van der Waals surface area contributed by atoms with E-state index in [1.54, 1.807) is 13.8 Å². The molecule has 0 spiro atoms. The lowest BCUT2D eigenvalue weighted by molar-refractivity contribution is -0.116. The second kappa shape index (κ2) is 7.92. The molecule has 5 heteroatoms. The molecule has 1 unspecified atom stereocenters. The third-order valence-electron chi connectivity index (χ3n) is 4.20. The number of ether oxygens (including phenoxy) is 2. The van der Waals surface area contributed by atoms with Crippen LogP contribution in [0.5, 0.6) is 5.75 Å². The summed E-state index contributed by atoms with van der Waals surface area (Å²) in [5.74, 6) is 1.20. The average molecular weight is 352 g/mol. The van der Waals surface area contributed by atoms with Crippen LogP contribution in [0.3, 0.4) is 0 Å². The van der Waals surface area contributed by atoms with Crippen LogP contribution in [-0.2, 0) is 9.53 Å². The normalized spacial score (nSPS) is 16.8. The molecule has 0 amide bonds. The maximum atomic E-state index is 12.7. The van der Waals surface area contributed by atoms with Crippen molar-refractivity contribution in [3.63, 3.8) is 0 Å². The number of rotatable bonds is 6. The first-order valence-corrected chi connectivity index (χ1v) is 8.55. The van der Waals surface area contributed by atoms with Gasteiger partial charge in [0.1, 0.15) is 23.2 Å². The number of Topliss-reactive ketones (excluding diaryl/α,β-unsaturated/α-hetero) is 1. The van der Waals surface area contributed by atoms with Gasteiger partial charge in [-0.15, -0.1) is 0 Å². The molecule has 1 atom stereocenters. The van der Waals surface area contributed by atoms with E-state index >= 15 is 0 Å². The number of carbonyl (C=O) groups is 1.